The van der Waals surface area contributed by atoms with Crippen molar-refractivity contribution < 1.29 is 4.42 Å². The second-order valence-electron chi connectivity index (χ2n) is 13.7. The zero-order valence-corrected chi connectivity index (χ0v) is 29.6. The summed E-state index contributed by atoms with van der Waals surface area (Å²) >= 11 is 0. The van der Waals surface area contributed by atoms with Gasteiger partial charge in [0.25, 0.3) is 0 Å². The van der Waals surface area contributed by atoms with Crippen LogP contribution in [0.3, 0.4) is 0 Å². The second kappa shape index (κ2) is 13.4. The molecular weight excluding hydrogens is 655 g/mol. The van der Waals surface area contributed by atoms with Crippen molar-refractivity contribution in [2.45, 2.75) is 0 Å². The van der Waals surface area contributed by atoms with E-state index in [1.807, 2.05) is 6.07 Å². The van der Waals surface area contributed by atoms with Crippen LogP contribution in [0.25, 0.3) is 77.2 Å². The molecule has 0 radical (unpaired) electrons. The Hall–Kier alpha value is -7.16. The minimum Gasteiger partial charge on any atom is -0.456 e. The third-order valence-electron chi connectivity index (χ3n) is 10.4. The summed E-state index contributed by atoms with van der Waals surface area (Å²) in [5.41, 5.74) is 14.4. The number of benzene rings is 9. The monoisotopic (exact) mass is 689 g/mol. The predicted molar refractivity (Wildman–Crippen MR) is 228 cm³/mol. The average molecular weight is 690 g/mol. The molecule has 0 N–H and O–H groups in total. The summed E-state index contributed by atoms with van der Waals surface area (Å²) in [7, 11) is 0. The minimum atomic E-state index is 0.867. The number of para-hydroxylation sites is 1. The third kappa shape index (κ3) is 5.71. The van der Waals surface area contributed by atoms with Gasteiger partial charge in [-0.15, -0.1) is 0 Å². The Morgan fingerprint density at radius 2 is 0.833 bits per heavy atom. The SMILES string of the molecule is c1ccc(-c2ccc(N(c3ccc4cc(-c5ccccc5)ccc4c3)c3ccc4oc5ccccc5c4c3-c3cccc(-c4ccccc4)c3)cc2)cc1. The maximum atomic E-state index is 6.53. The van der Waals surface area contributed by atoms with Crippen LogP contribution in [-0.4, -0.2) is 0 Å². The van der Waals surface area contributed by atoms with E-state index in [1.165, 1.54) is 44.2 Å². The molecule has 9 aromatic carbocycles. The summed E-state index contributed by atoms with van der Waals surface area (Å²) in [6.45, 7) is 0. The van der Waals surface area contributed by atoms with Gasteiger partial charge in [0.05, 0.1) is 5.69 Å². The van der Waals surface area contributed by atoms with Gasteiger partial charge in [-0.2, -0.15) is 0 Å². The molecule has 0 aliphatic heterocycles. The Kier molecular flexibility index (Phi) is 7.85. The summed E-state index contributed by atoms with van der Waals surface area (Å²) in [6.07, 6.45) is 0. The van der Waals surface area contributed by atoms with Gasteiger partial charge >= 0.3 is 0 Å². The Morgan fingerprint density at radius 1 is 0.315 bits per heavy atom. The highest BCUT2D eigenvalue weighted by atomic mass is 16.3. The first-order chi connectivity index (χ1) is 26.8. The number of hydrogen-bond donors (Lipinski definition) is 0. The fraction of sp³-hybridized carbons (Fsp3) is 0. The lowest BCUT2D eigenvalue weighted by molar-refractivity contribution is 0.669. The van der Waals surface area contributed by atoms with Crippen molar-refractivity contribution in [1.29, 1.82) is 0 Å². The fourth-order valence-electron chi connectivity index (χ4n) is 7.81. The predicted octanol–water partition coefficient (Wildman–Crippen LogP) is 14.9. The number of rotatable bonds is 7. The lowest BCUT2D eigenvalue weighted by atomic mass is 9.93. The first-order valence-electron chi connectivity index (χ1n) is 18.4. The van der Waals surface area contributed by atoms with Crippen molar-refractivity contribution in [3.05, 3.63) is 212 Å². The van der Waals surface area contributed by atoms with Crippen molar-refractivity contribution in [2.24, 2.45) is 0 Å². The Balaban J connectivity index is 1.22. The van der Waals surface area contributed by atoms with Crippen LogP contribution in [0.2, 0.25) is 0 Å². The van der Waals surface area contributed by atoms with Crippen molar-refractivity contribution >= 4 is 49.8 Å². The topological polar surface area (TPSA) is 16.4 Å². The molecule has 0 saturated carbocycles. The molecular formula is C52H35NO. The molecule has 254 valence electrons. The van der Waals surface area contributed by atoms with E-state index in [-0.39, 0.29) is 0 Å². The van der Waals surface area contributed by atoms with Gasteiger partial charge in [0.15, 0.2) is 0 Å². The van der Waals surface area contributed by atoms with Crippen molar-refractivity contribution in [3.63, 3.8) is 0 Å². The summed E-state index contributed by atoms with van der Waals surface area (Å²) in [5.74, 6) is 0. The molecule has 1 aromatic heterocycles. The van der Waals surface area contributed by atoms with E-state index >= 15 is 0 Å². The van der Waals surface area contributed by atoms with Gasteiger partial charge in [0.1, 0.15) is 11.2 Å². The summed E-state index contributed by atoms with van der Waals surface area (Å²) < 4.78 is 6.53. The maximum Gasteiger partial charge on any atom is 0.136 e. The zero-order chi connectivity index (χ0) is 35.8. The molecule has 10 aromatic rings. The van der Waals surface area contributed by atoms with Crippen LogP contribution in [0.5, 0.6) is 0 Å². The molecule has 0 aliphatic rings. The molecule has 0 bridgehead atoms. The van der Waals surface area contributed by atoms with Gasteiger partial charge < -0.3 is 9.32 Å². The Bertz CT molecular complexity index is 2910. The number of hydrogen-bond acceptors (Lipinski definition) is 2. The number of nitrogens with zero attached hydrogens (tertiary/aromatic N) is 1. The first-order valence-corrected chi connectivity index (χ1v) is 18.4. The molecule has 54 heavy (non-hydrogen) atoms. The molecule has 2 heteroatoms. The van der Waals surface area contributed by atoms with Gasteiger partial charge in [-0.25, -0.2) is 0 Å². The second-order valence-corrected chi connectivity index (χ2v) is 13.7. The van der Waals surface area contributed by atoms with Crippen LogP contribution < -0.4 is 4.90 Å². The molecule has 0 aliphatic carbocycles. The zero-order valence-electron chi connectivity index (χ0n) is 29.6. The lowest BCUT2D eigenvalue weighted by Gasteiger charge is -2.29. The van der Waals surface area contributed by atoms with Crippen LogP contribution in [0.15, 0.2) is 217 Å². The van der Waals surface area contributed by atoms with E-state index in [1.54, 1.807) is 0 Å². The molecule has 1 heterocycles. The van der Waals surface area contributed by atoms with Gasteiger partial charge in [0, 0.05) is 27.7 Å². The largest absolute Gasteiger partial charge is 0.456 e. The smallest absolute Gasteiger partial charge is 0.136 e. The lowest BCUT2D eigenvalue weighted by Crippen LogP contribution is -2.11. The van der Waals surface area contributed by atoms with E-state index in [0.29, 0.717) is 0 Å². The normalized spacial score (nSPS) is 11.3. The van der Waals surface area contributed by atoms with Gasteiger partial charge in [-0.1, -0.05) is 158 Å². The van der Waals surface area contributed by atoms with Gasteiger partial charge in [0.2, 0.25) is 0 Å². The molecule has 2 nitrogen and oxygen atoms in total. The van der Waals surface area contributed by atoms with E-state index < -0.39 is 0 Å². The highest BCUT2D eigenvalue weighted by Gasteiger charge is 2.23. The van der Waals surface area contributed by atoms with Crippen LogP contribution in [-0.2, 0) is 0 Å². The van der Waals surface area contributed by atoms with E-state index in [9.17, 15) is 0 Å². The average Bonchev–Trinajstić information content (AvgIpc) is 3.63. The summed E-state index contributed by atoms with van der Waals surface area (Å²) in [6, 6.07) is 75.9. The Labute approximate surface area is 314 Å². The summed E-state index contributed by atoms with van der Waals surface area (Å²) in [5, 5.41) is 4.58. The molecule has 10 rings (SSSR count). The molecule has 0 unspecified atom stereocenters. The van der Waals surface area contributed by atoms with Gasteiger partial charge in [-0.05, 0) is 104 Å². The van der Waals surface area contributed by atoms with Gasteiger partial charge in [-0.3, -0.25) is 0 Å². The minimum absolute atomic E-state index is 0.867. The van der Waals surface area contributed by atoms with Crippen LogP contribution >= 0.6 is 0 Å². The molecule has 0 fully saturated rings. The van der Waals surface area contributed by atoms with Crippen molar-refractivity contribution in [2.75, 3.05) is 4.90 Å². The highest BCUT2D eigenvalue weighted by molar-refractivity contribution is 6.16. The van der Waals surface area contributed by atoms with Crippen molar-refractivity contribution in [3.8, 4) is 44.5 Å². The fourth-order valence-corrected chi connectivity index (χ4v) is 7.81. The highest BCUT2D eigenvalue weighted by Crippen LogP contribution is 2.48. The molecule has 0 atom stereocenters. The standard InChI is InChI=1S/C52H35NO/c1-4-13-36(14-5-1)39-25-28-45(29-26-39)53(46-30-27-42-33-41(23-24-43(42)35-46)38-17-8-3-9-18-38)48-31-32-50-52(47-21-10-11-22-49(47)54-50)51(48)44-20-12-19-40(34-44)37-15-6-2-7-16-37/h1-35H. The third-order valence-corrected chi connectivity index (χ3v) is 10.4. The Morgan fingerprint density at radius 3 is 1.56 bits per heavy atom. The maximum absolute atomic E-state index is 6.53. The number of furan rings is 1. The molecule has 0 spiro atoms. The molecule has 0 amide bonds. The number of anilines is 3. The van der Waals surface area contributed by atoms with E-state index in [4.69, 9.17) is 4.42 Å². The van der Waals surface area contributed by atoms with Crippen LogP contribution in [0.1, 0.15) is 0 Å². The quantitative estimate of drug-likeness (QED) is 0.166. The number of fused-ring (bicyclic) bond motifs is 4. The van der Waals surface area contributed by atoms with Crippen LogP contribution in [0.4, 0.5) is 17.1 Å². The van der Waals surface area contributed by atoms with E-state index in [2.05, 4.69) is 211 Å². The van der Waals surface area contributed by atoms with E-state index in [0.717, 1.165) is 50.1 Å². The van der Waals surface area contributed by atoms with Crippen LogP contribution in [0, 0.1) is 0 Å². The first kappa shape index (κ1) is 31.6. The van der Waals surface area contributed by atoms with Crippen molar-refractivity contribution in [1.82, 2.24) is 0 Å². The molecule has 0 saturated heterocycles. The summed E-state index contributed by atoms with van der Waals surface area (Å²) in [4.78, 5) is 2.41.